The molecule has 1 aliphatic heterocycles. The van der Waals surface area contributed by atoms with Crippen molar-refractivity contribution in [2.75, 3.05) is 26.8 Å². The largest absolute Gasteiger partial charge is 0.493 e. The quantitative estimate of drug-likeness (QED) is 0.779. The average Bonchev–Trinajstić information content (AvgIpc) is 3.17. The summed E-state index contributed by atoms with van der Waals surface area (Å²) in [5, 5.41) is 14.3. The molecule has 1 amide bonds. The van der Waals surface area contributed by atoms with Crippen molar-refractivity contribution in [1.29, 1.82) is 0 Å². The molecule has 8 nitrogen and oxygen atoms in total. The number of nitrogens with zero attached hydrogens (tertiary/aromatic N) is 3. The van der Waals surface area contributed by atoms with Crippen molar-refractivity contribution in [3.8, 4) is 11.5 Å². The summed E-state index contributed by atoms with van der Waals surface area (Å²) in [5.41, 5.74) is 1.26. The Hall–Kier alpha value is -2.61. The van der Waals surface area contributed by atoms with Gasteiger partial charge in [-0.3, -0.25) is 4.79 Å². The summed E-state index contributed by atoms with van der Waals surface area (Å²) < 4.78 is 12.6. The molecule has 2 heterocycles. The van der Waals surface area contributed by atoms with Crippen molar-refractivity contribution in [2.24, 2.45) is 0 Å². The first-order chi connectivity index (χ1) is 12.7. The minimum absolute atomic E-state index is 0.237. The third kappa shape index (κ3) is 4.32. The smallest absolute Gasteiger partial charge is 0.273 e. The van der Waals surface area contributed by atoms with Gasteiger partial charge in [0.05, 0.1) is 26.0 Å². The van der Waals surface area contributed by atoms with Crippen LogP contribution in [0.15, 0.2) is 24.4 Å². The van der Waals surface area contributed by atoms with Crippen molar-refractivity contribution < 1.29 is 14.3 Å². The molecule has 26 heavy (non-hydrogen) atoms. The van der Waals surface area contributed by atoms with E-state index in [-0.39, 0.29) is 5.91 Å². The summed E-state index contributed by atoms with van der Waals surface area (Å²) in [6.07, 6.45) is 3.72. The van der Waals surface area contributed by atoms with E-state index in [0.29, 0.717) is 36.4 Å². The van der Waals surface area contributed by atoms with Crippen LogP contribution in [0, 0.1) is 0 Å². The Morgan fingerprint density at radius 3 is 2.88 bits per heavy atom. The number of carbonyl (C=O) groups excluding carboxylic acids is 1. The van der Waals surface area contributed by atoms with Crippen LogP contribution in [0.4, 0.5) is 0 Å². The summed E-state index contributed by atoms with van der Waals surface area (Å²) in [6, 6.07) is 5.91. The van der Waals surface area contributed by atoms with Crippen LogP contribution in [0.5, 0.6) is 11.5 Å². The summed E-state index contributed by atoms with van der Waals surface area (Å²) in [4.78, 5) is 12.4. The highest BCUT2D eigenvalue weighted by Gasteiger charge is 2.18. The van der Waals surface area contributed by atoms with Gasteiger partial charge in [-0.25, -0.2) is 4.68 Å². The van der Waals surface area contributed by atoms with Crippen LogP contribution in [0.1, 0.15) is 41.9 Å². The Kier molecular flexibility index (Phi) is 6.06. The first-order valence-corrected chi connectivity index (χ1v) is 8.91. The second kappa shape index (κ2) is 8.66. The molecule has 1 saturated heterocycles. The number of benzene rings is 1. The van der Waals surface area contributed by atoms with E-state index in [1.165, 1.54) is 0 Å². The van der Waals surface area contributed by atoms with Crippen molar-refractivity contribution in [3.05, 3.63) is 35.7 Å². The lowest BCUT2D eigenvalue weighted by molar-refractivity contribution is 0.0945. The van der Waals surface area contributed by atoms with Crippen molar-refractivity contribution in [2.45, 2.75) is 32.4 Å². The van der Waals surface area contributed by atoms with Gasteiger partial charge in [-0.15, -0.1) is 5.10 Å². The van der Waals surface area contributed by atoms with Crippen LogP contribution in [0.2, 0.25) is 0 Å². The third-order valence-electron chi connectivity index (χ3n) is 4.41. The highest BCUT2D eigenvalue weighted by molar-refractivity contribution is 5.91. The lowest BCUT2D eigenvalue weighted by atomic mass is 10.1. The minimum atomic E-state index is -0.237. The SMILES string of the molecule is CCOc1cc(CNC(=O)c2cn(C3CCNCC3)nn2)ccc1OC. The molecule has 0 atom stereocenters. The number of ether oxygens (including phenoxy) is 2. The van der Waals surface area contributed by atoms with E-state index in [0.717, 1.165) is 31.5 Å². The standard InChI is InChI=1S/C18H25N5O3/c1-3-26-17-10-13(4-5-16(17)25-2)11-20-18(24)15-12-23(22-21-15)14-6-8-19-9-7-14/h4-5,10,12,14,19H,3,6-9,11H2,1-2H3,(H,20,24). The summed E-state index contributed by atoms with van der Waals surface area (Å²) >= 11 is 0. The van der Waals surface area contributed by atoms with Crippen LogP contribution in [0.3, 0.4) is 0 Å². The van der Waals surface area contributed by atoms with Gasteiger partial charge < -0.3 is 20.1 Å². The maximum Gasteiger partial charge on any atom is 0.273 e. The Balaban J connectivity index is 1.60. The van der Waals surface area contributed by atoms with Gasteiger partial charge in [0, 0.05) is 6.54 Å². The van der Waals surface area contributed by atoms with Gasteiger partial charge in [-0.2, -0.15) is 0 Å². The van der Waals surface area contributed by atoms with E-state index in [1.54, 1.807) is 18.0 Å². The predicted octanol–water partition coefficient (Wildman–Crippen LogP) is 1.54. The Bertz CT molecular complexity index is 740. The number of hydrogen-bond acceptors (Lipinski definition) is 6. The van der Waals surface area contributed by atoms with Crippen LogP contribution in [-0.4, -0.2) is 47.7 Å². The van der Waals surface area contributed by atoms with Crippen molar-refractivity contribution in [1.82, 2.24) is 25.6 Å². The minimum Gasteiger partial charge on any atom is -0.493 e. The molecule has 0 unspecified atom stereocenters. The molecule has 0 spiro atoms. The number of methoxy groups -OCH3 is 1. The molecule has 1 aromatic carbocycles. The van der Waals surface area contributed by atoms with Gasteiger partial charge in [0.15, 0.2) is 17.2 Å². The summed E-state index contributed by atoms with van der Waals surface area (Å²) in [6.45, 7) is 4.77. The topological polar surface area (TPSA) is 90.3 Å². The Morgan fingerprint density at radius 2 is 2.15 bits per heavy atom. The Morgan fingerprint density at radius 1 is 1.35 bits per heavy atom. The van der Waals surface area contributed by atoms with E-state index in [4.69, 9.17) is 9.47 Å². The maximum absolute atomic E-state index is 12.4. The molecule has 1 fully saturated rings. The second-order valence-electron chi connectivity index (χ2n) is 6.17. The first kappa shape index (κ1) is 18.2. The number of aromatic nitrogens is 3. The molecule has 3 rings (SSSR count). The normalized spacial score (nSPS) is 14.8. The van der Waals surface area contributed by atoms with Gasteiger partial charge in [0.1, 0.15) is 0 Å². The zero-order valence-electron chi connectivity index (χ0n) is 15.2. The van der Waals surface area contributed by atoms with Crippen molar-refractivity contribution in [3.63, 3.8) is 0 Å². The molecule has 0 bridgehead atoms. The predicted molar refractivity (Wildman–Crippen MR) is 96.5 cm³/mol. The van der Waals surface area contributed by atoms with Gasteiger partial charge in [-0.05, 0) is 50.6 Å². The molecule has 0 radical (unpaired) electrons. The molecular formula is C18H25N5O3. The maximum atomic E-state index is 12.4. The summed E-state index contributed by atoms with van der Waals surface area (Å²) in [7, 11) is 1.60. The molecule has 2 N–H and O–H groups in total. The van der Waals surface area contributed by atoms with Gasteiger partial charge in [0.25, 0.3) is 5.91 Å². The van der Waals surface area contributed by atoms with E-state index in [9.17, 15) is 4.79 Å². The number of carbonyl (C=O) groups is 1. The van der Waals surface area contributed by atoms with Crippen LogP contribution in [-0.2, 0) is 6.54 Å². The fraction of sp³-hybridized carbons (Fsp3) is 0.500. The molecule has 8 heteroatoms. The number of amides is 1. The average molecular weight is 359 g/mol. The molecule has 140 valence electrons. The molecule has 1 aromatic heterocycles. The molecule has 0 saturated carbocycles. The zero-order valence-corrected chi connectivity index (χ0v) is 15.2. The highest BCUT2D eigenvalue weighted by atomic mass is 16.5. The van der Waals surface area contributed by atoms with E-state index >= 15 is 0 Å². The van der Waals surface area contributed by atoms with Crippen LogP contribution >= 0.6 is 0 Å². The summed E-state index contributed by atoms with van der Waals surface area (Å²) in [5.74, 6) is 1.10. The fourth-order valence-electron chi connectivity index (χ4n) is 3.00. The van der Waals surface area contributed by atoms with Crippen molar-refractivity contribution >= 4 is 5.91 Å². The number of nitrogens with one attached hydrogen (secondary N) is 2. The number of rotatable bonds is 7. The number of hydrogen-bond donors (Lipinski definition) is 2. The Labute approximate surface area is 152 Å². The van der Waals surface area contributed by atoms with Gasteiger partial charge in [0.2, 0.25) is 0 Å². The van der Waals surface area contributed by atoms with Crippen LogP contribution in [0.25, 0.3) is 0 Å². The molecular weight excluding hydrogens is 334 g/mol. The highest BCUT2D eigenvalue weighted by Crippen LogP contribution is 2.28. The molecule has 2 aromatic rings. The number of piperidine rings is 1. The molecule has 0 aliphatic carbocycles. The lowest BCUT2D eigenvalue weighted by Gasteiger charge is -2.22. The zero-order chi connectivity index (χ0) is 18.4. The van der Waals surface area contributed by atoms with E-state index in [1.807, 2.05) is 25.1 Å². The lowest BCUT2D eigenvalue weighted by Crippen LogP contribution is -2.29. The second-order valence-corrected chi connectivity index (χ2v) is 6.17. The first-order valence-electron chi connectivity index (χ1n) is 8.91. The van der Waals surface area contributed by atoms with E-state index in [2.05, 4.69) is 20.9 Å². The monoisotopic (exact) mass is 359 g/mol. The van der Waals surface area contributed by atoms with Gasteiger partial charge >= 0.3 is 0 Å². The molecule has 1 aliphatic rings. The van der Waals surface area contributed by atoms with E-state index < -0.39 is 0 Å². The fourth-order valence-corrected chi connectivity index (χ4v) is 3.00. The third-order valence-corrected chi connectivity index (χ3v) is 4.41. The van der Waals surface area contributed by atoms with Crippen LogP contribution < -0.4 is 20.1 Å². The van der Waals surface area contributed by atoms with Gasteiger partial charge in [-0.1, -0.05) is 11.3 Å².